The minimum absolute atomic E-state index is 0.0628. The molecule has 148 valence electrons. The van der Waals surface area contributed by atoms with Gasteiger partial charge in [0.2, 0.25) is 10.0 Å². The van der Waals surface area contributed by atoms with Crippen LogP contribution in [0.1, 0.15) is 41.6 Å². The van der Waals surface area contributed by atoms with Crippen LogP contribution in [0.25, 0.3) is 0 Å². The first-order valence-corrected chi connectivity index (χ1v) is 10.4. The van der Waals surface area contributed by atoms with E-state index in [1.165, 1.54) is 16.4 Å². The number of nitrogens with one attached hydrogen (secondary N) is 1. The van der Waals surface area contributed by atoms with Crippen molar-refractivity contribution in [1.29, 1.82) is 0 Å². The van der Waals surface area contributed by atoms with Gasteiger partial charge in [0.25, 0.3) is 5.91 Å². The van der Waals surface area contributed by atoms with Crippen LogP contribution in [0.15, 0.2) is 23.1 Å². The third-order valence-corrected chi connectivity index (χ3v) is 7.30. The summed E-state index contributed by atoms with van der Waals surface area (Å²) < 4.78 is 32.4. The first kappa shape index (κ1) is 19.8. The van der Waals surface area contributed by atoms with Crippen LogP contribution in [0.5, 0.6) is 0 Å². The minimum Gasteiger partial charge on any atom is -0.480 e. The van der Waals surface area contributed by atoms with E-state index in [0.29, 0.717) is 31.6 Å². The highest BCUT2D eigenvalue weighted by Gasteiger charge is 2.42. The largest absolute Gasteiger partial charge is 0.480 e. The topological polar surface area (TPSA) is 113 Å². The molecular formula is C18H24N2O6S. The molecule has 1 aromatic rings. The Morgan fingerprint density at radius 3 is 2.41 bits per heavy atom. The van der Waals surface area contributed by atoms with Crippen LogP contribution < -0.4 is 5.32 Å². The van der Waals surface area contributed by atoms with Crippen LogP contribution >= 0.6 is 0 Å². The van der Waals surface area contributed by atoms with Crippen LogP contribution in [0.4, 0.5) is 0 Å². The van der Waals surface area contributed by atoms with Gasteiger partial charge < -0.3 is 15.2 Å². The van der Waals surface area contributed by atoms with E-state index >= 15 is 0 Å². The van der Waals surface area contributed by atoms with Gasteiger partial charge in [-0.3, -0.25) is 4.79 Å². The second kappa shape index (κ2) is 7.57. The molecule has 1 aliphatic heterocycles. The number of carbonyl (C=O) groups is 2. The van der Waals surface area contributed by atoms with Gasteiger partial charge in [0.1, 0.15) is 5.54 Å². The highest BCUT2D eigenvalue weighted by molar-refractivity contribution is 7.89. The Hall–Kier alpha value is -1.97. The van der Waals surface area contributed by atoms with Crippen molar-refractivity contribution in [2.45, 2.75) is 43.0 Å². The van der Waals surface area contributed by atoms with Crippen molar-refractivity contribution in [1.82, 2.24) is 9.62 Å². The molecule has 0 unspecified atom stereocenters. The van der Waals surface area contributed by atoms with E-state index in [1.54, 1.807) is 13.0 Å². The summed E-state index contributed by atoms with van der Waals surface area (Å²) >= 11 is 0. The zero-order chi connectivity index (χ0) is 19.7. The Kier molecular flexibility index (Phi) is 5.55. The number of benzene rings is 1. The fourth-order valence-electron chi connectivity index (χ4n) is 3.61. The standard InChI is InChI=1S/C18H24N2O6S/c1-13-4-5-14(16(21)19-18(17(22)23)6-2-3-7-18)12-15(13)27(24,25)20-8-10-26-11-9-20/h4-5,12H,2-3,6-11H2,1H3,(H,19,21)(H,22,23). The number of morpholine rings is 1. The van der Waals surface area contributed by atoms with Crippen molar-refractivity contribution < 1.29 is 27.9 Å². The van der Waals surface area contributed by atoms with E-state index in [2.05, 4.69) is 5.32 Å². The molecule has 1 amide bonds. The lowest BCUT2D eigenvalue weighted by molar-refractivity contribution is -0.144. The van der Waals surface area contributed by atoms with Crippen LogP contribution in [-0.2, 0) is 19.6 Å². The Labute approximate surface area is 158 Å². The van der Waals surface area contributed by atoms with Gasteiger partial charge in [-0.25, -0.2) is 13.2 Å². The lowest BCUT2D eigenvalue weighted by atomic mass is 9.97. The lowest BCUT2D eigenvalue weighted by Gasteiger charge is -2.27. The molecule has 8 nitrogen and oxygen atoms in total. The number of rotatable bonds is 5. The van der Waals surface area contributed by atoms with Crippen molar-refractivity contribution in [3.05, 3.63) is 29.3 Å². The second-order valence-corrected chi connectivity index (χ2v) is 8.95. The summed E-state index contributed by atoms with van der Waals surface area (Å²) in [4.78, 5) is 24.4. The predicted molar refractivity (Wildman–Crippen MR) is 97.1 cm³/mol. The monoisotopic (exact) mass is 396 g/mol. The molecule has 0 bridgehead atoms. The summed E-state index contributed by atoms with van der Waals surface area (Å²) in [6, 6.07) is 4.43. The van der Waals surface area contributed by atoms with Gasteiger partial charge in [-0.1, -0.05) is 18.9 Å². The Bertz CT molecular complexity index is 839. The van der Waals surface area contributed by atoms with Gasteiger partial charge in [-0.15, -0.1) is 0 Å². The molecule has 0 atom stereocenters. The van der Waals surface area contributed by atoms with Crippen molar-refractivity contribution in [2.24, 2.45) is 0 Å². The number of aliphatic carboxylic acids is 1. The molecule has 9 heteroatoms. The fraction of sp³-hybridized carbons (Fsp3) is 0.556. The maximum atomic E-state index is 12.9. The van der Waals surface area contributed by atoms with Crippen molar-refractivity contribution in [2.75, 3.05) is 26.3 Å². The van der Waals surface area contributed by atoms with E-state index in [9.17, 15) is 23.1 Å². The van der Waals surface area contributed by atoms with Crippen molar-refractivity contribution >= 4 is 21.9 Å². The van der Waals surface area contributed by atoms with E-state index in [1.807, 2.05) is 0 Å². The number of hydrogen-bond donors (Lipinski definition) is 2. The summed E-state index contributed by atoms with van der Waals surface area (Å²) in [7, 11) is -3.75. The molecule has 1 aliphatic carbocycles. The van der Waals surface area contributed by atoms with Crippen molar-refractivity contribution in [3.63, 3.8) is 0 Å². The third-order valence-electron chi connectivity index (χ3n) is 5.26. The lowest BCUT2D eigenvalue weighted by Crippen LogP contribution is -2.52. The van der Waals surface area contributed by atoms with E-state index < -0.39 is 27.4 Å². The maximum Gasteiger partial charge on any atom is 0.329 e. The Morgan fingerprint density at radius 1 is 1.19 bits per heavy atom. The number of aryl methyl sites for hydroxylation is 1. The zero-order valence-corrected chi connectivity index (χ0v) is 16.0. The fourth-order valence-corrected chi connectivity index (χ4v) is 5.26. The van der Waals surface area contributed by atoms with Crippen LogP contribution in [0.2, 0.25) is 0 Å². The molecule has 0 aromatic heterocycles. The summed E-state index contributed by atoms with van der Waals surface area (Å²) in [5.41, 5.74) is -0.600. The molecule has 1 aromatic carbocycles. The van der Waals surface area contributed by atoms with Crippen molar-refractivity contribution in [3.8, 4) is 0 Å². The van der Waals surface area contributed by atoms with Gasteiger partial charge in [0.15, 0.2) is 0 Å². The molecule has 2 N–H and O–H groups in total. The molecule has 3 rings (SSSR count). The average Bonchev–Trinajstić information content (AvgIpc) is 3.12. The summed E-state index contributed by atoms with van der Waals surface area (Å²) in [5.74, 6) is -1.63. The number of amides is 1. The molecule has 1 heterocycles. The summed E-state index contributed by atoms with van der Waals surface area (Å²) in [5, 5.41) is 12.1. The third kappa shape index (κ3) is 3.85. The molecule has 0 spiro atoms. The molecule has 27 heavy (non-hydrogen) atoms. The normalized spacial score (nSPS) is 20.3. The number of carboxylic acids is 1. The predicted octanol–water partition coefficient (Wildman–Crippen LogP) is 1.14. The van der Waals surface area contributed by atoms with Crippen LogP contribution in [0, 0.1) is 6.92 Å². The van der Waals surface area contributed by atoms with Crippen LogP contribution in [0.3, 0.4) is 0 Å². The van der Waals surface area contributed by atoms with Gasteiger partial charge >= 0.3 is 5.97 Å². The number of nitrogens with zero attached hydrogens (tertiary/aromatic N) is 1. The Morgan fingerprint density at radius 2 is 1.81 bits per heavy atom. The highest BCUT2D eigenvalue weighted by atomic mass is 32.2. The first-order valence-electron chi connectivity index (χ1n) is 9.01. The number of ether oxygens (including phenoxy) is 1. The van der Waals surface area contributed by atoms with Gasteiger partial charge in [-0.05, 0) is 37.5 Å². The summed E-state index contributed by atoms with van der Waals surface area (Å²) in [6.07, 6.45) is 2.21. The van der Waals surface area contributed by atoms with Gasteiger partial charge in [0, 0.05) is 18.7 Å². The molecule has 0 radical (unpaired) electrons. The molecular weight excluding hydrogens is 372 g/mol. The maximum absolute atomic E-state index is 12.9. The first-order chi connectivity index (χ1) is 12.8. The zero-order valence-electron chi connectivity index (χ0n) is 15.2. The SMILES string of the molecule is Cc1ccc(C(=O)NC2(C(=O)O)CCCC2)cc1S(=O)(=O)N1CCOCC1. The second-order valence-electron chi connectivity index (χ2n) is 7.05. The minimum atomic E-state index is -3.75. The van der Waals surface area contributed by atoms with Gasteiger partial charge in [-0.2, -0.15) is 4.31 Å². The van der Waals surface area contributed by atoms with Crippen LogP contribution in [-0.4, -0.2) is 61.5 Å². The number of carbonyl (C=O) groups excluding carboxylic acids is 1. The molecule has 2 fully saturated rings. The Balaban J connectivity index is 1.88. The molecule has 1 saturated carbocycles. The quantitative estimate of drug-likeness (QED) is 0.772. The number of sulfonamides is 1. The molecule has 2 aliphatic rings. The average molecular weight is 396 g/mol. The van der Waals surface area contributed by atoms with E-state index in [-0.39, 0.29) is 23.5 Å². The summed E-state index contributed by atoms with van der Waals surface area (Å²) in [6.45, 7) is 2.87. The smallest absolute Gasteiger partial charge is 0.329 e. The van der Waals surface area contributed by atoms with E-state index in [4.69, 9.17) is 4.74 Å². The van der Waals surface area contributed by atoms with E-state index in [0.717, 1.165) is 12.8 Å². The molecule has 1 saturated heterocycles. The highest BCUT2D eigenvalue weighted by Crippen LogP contribution is 2.30. The number of hydrogen-bond acceptors (Lipinski definition) is 5. The number of carboxylic acid groups (broad SMARTS) is 1. The van der Waals surface area contributed by atoms with Gasteiger partial charge in [0.05, 0.1) is 18.1 Å².